The molecule has 0 aromatic rings. The third-order valence-electron chi connectivity index (χ3n) is 4.94. The Labute approximate surface area is 123 Å². The molecule has 3 atom stereocenters. The van der Waals surface area contributed by atoms with E-state index in [1.54, 1.807) is 0 Å². The third kappa shape index (κ3) is 1.64. The van der Waals surface area contributed by atoms with Crippen LogP contribution in [-0.2, 0) is 9.53 Å². The van der Waals surface area contributed by atoms with Crippen LogP contribution in [0.5, 0.6) is 0 Å². The molecule has 4 aliphatic rings. The predicted molar refractivity (Wildman–Crippen MR) is 80.9 cm³/mol. The summed E-state index contributed by atoms with van der Waals surface area (Å²) in [6, 6.07) is 0. The first-order chi connectivity index (χ1) is 9.53. The number of thioether (sulfide) groups is 1. The lowest BCUT2D eigenvalue weighted by molar-refractivity contribution is -0.117. The van der Waals surface area contributed by atoms with E-state index >= 15 is 0 Å². The van der Waals surface area contributed by atoms with Crippen molar-refractivity contribution in [3.05, 3.63) is 23.9 Å². The van der Waals surface area contributed by atoms with Gasteiger partial charge in [-0.15, -0.1) is 0 Å². The Balaban J connectivity index is 1.68. The number of epoxide rings is 1. The summed E-state index contributed by atoms with van der Waals surface area (Å²) < 4.78 is 6.16. The Morgan fingerprint density at radius 3 is 2.85 bits per heavy atom. The molecular weight excluding hydrogens is 270 g/mol. The topological polar surface area (TPSA) is 42.0 Å². The zero-order chi connectivity index (χ0) is 14.0. The van der Waals surface area contributed by atoms with Gasteiger partial charge in [-0.25, -0.2) is 4.99 Å². The highest BCUT2D eigenvalue weighted by atomic mass is 32.2. The van der Waals surface area contributed by atoms with Gasteiger partial charge in [0.1, 0.15) is 16.4 Å². The summed E-state index contributed by atoms with van der Waals surface area (Å²) in [6.45, 7) is 4.26. The van der Waals surface area contributed by atoms with Crippen molar-refractivity contribution >= 4 is 22.6 Å². The maximum atomic E-state index is 11.7. The van der Waals surface area contributed by atoms with E-state index in [1.807, 2.05) is 11.8 Å². The first-order valence-corrected chi connectivity index (χ1v) is 8.25. The Hall–Kier alpha value is -0.870. The largest absolute Gasteiger partial charge is 0.355 e. The minimum atomic E-state index is -0.310. The van der Waals surface area contributed by atoms with E-state index in [4.69, 9.17) is 9.73 Å². The average Bonchev–Trinajstić information content (AvgIpc) is 2.80. The molecule has 0 spiro atoms. The highest BCUT2D eigenvalue weighted by molar-refractivity contribution is 8.15. The molecule has 3 nitrogen and oxygen atoms in total. The van der Waals surface area contributed by atoms with Crippen molar-refractivity contribution in [3.8, 4) is 0 Å². The smallest absolute Gasteiger partial charge is 0.148 e. The number of fused-ring (bicyclic) bond motifs is 1. The number of hydrogen-bond donors (Lipinski definition) is 0. The summed E-state index contributed by atoms with van der Waals surface area (Å²) in [4.78, 5) is 16.5. The second-order valence-electron chi connectivity index (χ2n) is 6.57. The van der Waals surface area contributed by atoms with Crippen molar-refractivity contribution in [1.82, 2.24) is 0 Å². The van der Waals surface area contributed by atoms with Crippen LogP contribution < -0.4 is 0 Å². The summed E-state index contributed by atoms with van der Waals surface area (Å²) in [5.74, 6) is 0.682. The molecule has 0 radical (unpaired) electrons. The van der Waals surface area contributed by atoms with Crippen molar-refractivity contribution < 1.29 is 9.53 Å². The molecule has 0 bridgehead atoms. The maximum Gasteiger partial charge on any atom is 0.148 e. The number of hydrogen-bond acceptors (Lipinski definition) is 4. The minimum absolute atomic E-state index is 0.189. The normalized spacial score (nSPS) is 41.4. The van der Waals surface area contributed by atoms with Crippen LogP contribution in [0.25, 0.3) is 0 Å². The average molecular weight is 289 g/mol. The molecule has 2 aliphatic carbocycles. The van der Waals surface area contributed by atoms with Crippen molar-refractivity contribution in [2.24, 2.45) is 10.9 Å². The predicted octanol–water partition coefficient (Wildman–Crippen LogP) is 3.26. The lowest BCUT2D eigenvalue weighted by atomic mass is 9.82. The zero-order valence-electron chi connectivity index (χ0n) is 11.9. The van der Waals surface area contributed by atoms with E-state index in [0.717, 1.165) is 17.9 Å². The van der Waals surface area contributed by atoms with Gasteiger partial charge < -0.3 is 4.74 Å². The summed E-state index contributed by atoms with van der Waals surface area (Å²) in [5, 5.41) is 1.46. The van der Waals surface area contributed by atoms with Gasteiger partial charge in [0, 0.05) is 18.8 Å². The summed E-state index contributed by atoms with van der Waals surface area (Å²) in [5.41, 5.74) is 0.671. The fraction of sp³-hybridized carbons (Fsp3) is 0.625. The van der Waals surface area contributed by atoms with Gasteiger partial charge in [0.2, 0.25) is 0 Å². The second-order valence-corrected chi connectivity index (χ2v) is 7.70. The van der Waals surface area contributed by atoms with E-state index in [-0.39, 0.29) is 11.2 Å². The summed E-state index contributed by atoms with van der Waals surface area (Å²) in [6.07, 6.45) is 9.92. The first kappa shape index (κ1) is 12.8. The molecule has 2 fully saturated rings. The number of rotatable bonds is 2. The van der Waals surface area contributed by atoms with Crippen LogP contribution in [0.15, 0.2) is 28.9 Å². The Morgan fingerprint density at radius 2 is 2.25 bits per heavy atom. The van der Waals surface area contributed by atoms with Gasteiger partial charge in [-0.2, -0.15) is 0 Å². The van der Waals surface area contributed by atoms with Gasteiger partial charge in [-0.1, -0.05) is 30.0 Å². The van der Waals surface area contributed by atoms with Crippen LogP contribution in [0.4, 0.5) is 0 Å². The minimum Gasteiger partial charge on any atom is -0.355 e. The maximum absolute atomic E-state index is 11.7. The molecule has 2 heterocycles. The van der Waals surface area contributed by atoms with Crippen LogP contribution in [0.1, 0.15) is 39.5 Å². The van der Waals surface area contributed by atoms with Gasteiger partial charge >= 0.3 is 0 Å². The molecule has 106 valence electrons. The number of nitrogens with zero attached hydrogens (tertiary/aromatic N) is 1. The van der Waals surface area contributed by atoms with E-state index in [2.05, 4.69) is 32.1 Å². The summed E-state index contributed by atoms with van der Waals surface area (Å²) in [7, 11) is 0. The van der Waals surface area contributed by atoms with Crippen LogP contribution >= 0.6 is 11.8 Å². The number of Topliss-reactive ketones (excluding diaryl/α,β-unsaturated/α-hetero) is 1. The highest BCUT2D eigenvalue weighted by Crippen LogP contribution is 2.61. The zero-order valence-corrected chi connectivity index (χ0v) is 12.7. The second kappa shape index (κ2) is 4.08. The number of carbonyl (C=O) groups excluding carboxylic acids is 1. The van der Waals surface area contributed by atoms with Gasteiger partial charge in [0.15, 0.2) is 0 Å². The van der Waals surface area contributed by atoms with Crippen LogP contribution in [0, 0.1) is 5.92 Å². The molecule has 20 heavy (non-hydrogen) atoms. The molecule has 0 aromatic carbocycles. The van der Waals surface area contributed by atoms with Gasteiger partial charge in [-0.05, 0) is 26.7 Å². The third-order valence-corrected chi connectivity index (χ3v) is 6.21. The van der Waals surface area contributed by atoms with Gasteiger partial charge in [0.25, 0.3) is 0 Å². The molecular formula is C16H19NO2S. The van der Waals surface area contributed by atoms with E-state index < -0.39 is 0 Å². The Bertz CT molecular complexity index is 575. The molecule has 0 N–H and O–H groups in total. The fourth-order valence-electron chi connectivity index (χ4n) is 3.84. The molecule has 3 unspecified atom stereocenters. The lowest BCUT2D eigenvalue weighted by Crippen LogP contribution is -2.36. The van der Waals surface area contributed by atoms with Gasteiger partial charge in [-0.3, -0.25) is 4.79 Å². The Morgan fingerprint density at radius 1 is 1.45 bits per heavy atom. The molecule has 4 heteroatoms. The van der Waals surface area contributed by atoms with Crippen LogP contribution in [0.3, 0.4) is 0 Å². The SMILES string of the molecule is CC1(C)OC1(C1=NC2=CCC=CC2S1)C1CCC(=O)C1. The number of ether oxygens (including phenoxy) is 1. The number of aliphatic imine (C=N–C) groups is 1. The van der Waals surface area contributed by atoms with Gasteiger partial charge in [0.05, 0.1) is 16.5 Å². The summed E-state index contributed by atoms with van der Waals surface area (Å²) >= 11 is 1.81. The highest BCUT2D eigenvalue weighted by Gasteiger charge is 2.72. The Kier molecular flexibility index (Phi) is 2.62. The number of ketones is 1. The molecule has 1 saturated carbocycles. The molecule has 1 saturated heterocycles. The first-order valence-electron chi connectivity index (χ1n) is 7.37. The van der Waals surface area contributed by atoms with E-state index in [0.29, 0.717) is 29.8 Å². The van der Waals surface area contributed by atoms with Crippen molar-refractivity contribution in [2.45, 2.75) is 56.0 Å². The van der Waals surface area contributed by atoms with E-state index in [9.17, 15) is 4.79 Å². The molecule has 4 rings (SSSR count). The fourth-order valence-corrected chi connectivity index (χ4v) is 5.33. The van der Waals surface area contributed by atoms with Crippen molar-refractivity contribution in [1.29, 1.82) is 0 Å². The molecule has 0 amide bonds. The van der Waals surface area contributed by atoms with E-state index in [1.165, 1.54) is 5.70 Å². The number of allylic oxidation sites excluding steroid dienone is 2. The molecule has 2 aliphatic heterocycles. The standard InChI is InChI=1S/C16H19NO2S/c1-15(2)16(19-15,10-7-8-11(18)9-10)14-17-12-5-3-4-6-13(12)20-14/h4-6,10,13H,3,7-9H2,1-2H3. The van der Waals surface area contributed by atoms with Crippen LogP contribution in [0.2, 0.25) is 0 Å². The lowest BCUT2D eigenvalue weighted by Gasteiger charge is -2.21. The molecule has 0 aromatic heterocycles. The van der Waals surface area contributed by atoms with Crippen LogP contribution in [-0.4, -0.2) is 27.3 Å². The van der Waals surface area contributed by atoms with Crippen molar-refractivity contribution in [3.63, 3.8) is 0 Å². The number of carbonyl (C=O) groups is 1. The van der Waals surface area contributed by atoms with Crippen molar-refractivity contribution in [2.75, 3.05) is 0 Å². The monoisotopic (exact) mass is 289 g/mol. The quantitative estimate of drug-likeness (QED) is 0.579.